The van der Waals surface area contributed by atoms with E-state index in [0.717, 1.165) is 33.3 Å². The van der Waals surface area contributed by atoms with Crippen molar-refractivity contribution >= 4 is 51.0 Å². The maximum absolute atomic E-state index is 13.6. The molecule has 0 bridgehead atoms. The fourth-order valence-electron chi connectivity index (χ4n) is 5.01. The number of ketones is 1. The van der Waals surface area contributed by atoms with Crippen LogP contribution in [0.2, 0.25) is 5.02 Å². The van der Waals surface area contributed by atoms with Gasteiger partial charge in [0.1, 0.15) is 6.04 Å². The molecule has 3 aromatic rings. The van der Waals surface area contributed by atoms with E-state index in [-0.39, 0.29) is 11.2 Å². The molecule has 0 fully saturated rings. The van der Waals surface area contributed by atoms with Gasteiger partial charge in [-0.25, -0.2) is 4.68 Å². The number of fused-ring (bicyclic) bond motifs is 1. The van der Waals surface area contributed by atoms with E-state index in [4.69, 9.17) is 31.2 Å². The lowest BCUT2D eigenvalue weighted by Crippen LogP contribution is -2.36. The molecular weight excluding hydrogens is 588 g/mol. The molecular formula is C28H30BrClN4O3S. The molecule has 0 saturated heterocycles. The highest BCUT2D eigenvalue weighted by Gasteiger charge is 2.42. The number of aromatic nitrogens is 3. The minimum Gasteiger partial charge on any atom is -0.490 e. The molecule has 1 N–H and O–H groups in total. The van der Waals surface area contributed by atoms with Gasteiger partial charge in [0.05, 0.1) is 17.7 Å². The summed E-state index contributed by atoms with van der Waals surface area (Å²) in [6.45, 7) is 9.11. The summed E-state index contributed by atoms with van der Waals surface area (Å²) in [6, 6.07) is 11.3. The molecule has 5 rings (SSSR count). The Labute approximate surface area is 240 Å². The highest BCUT2D eigenvalue weighted by molar-refractivity contribution is 9.10. The second-order valence-electron chi connectivity index (χ2n) is 10.1. The van der Waals surface area contributed by atoms with Gasteiger partial charge in [-0.2, -0.15) is 4.98 Å². The SMILES string of the molecule is CCOc1cc(C2C3=C(CC(C)(C)CC3=O)Nc3nc(SCc4ccccc4Cl)nn32)cc(Br)c1OCC. The number of thioether (sulfide) groups is 1. The monoisotopic (exact) mass is 616 g/mol. The Morgan fingerprint density at radius 1 is 1.18 bits per heavy atom. The van der Waals surface area contributed by atoms with Crippen LogP contribution in [0.1, 0.15) is 57.7 Å². The maximum atomic E-state index is 13.6. The van der Waals surface area contributed by atoms with Gasteiger partial charge in [-0.15, -0.1) is 5.10 Å². The number of rotatable bonds is 8. The Morgan fingerprint density at radius 3 is 2.68 bits per heavy atom. The summed E-state index contributed by atoms with van der Waals surface area (Å²) in [6.07, 6.45) is 1.22. The number of carbonyl (C=O) groups excluding carboxylic acids is 1. The van der Waals surface area contributed by atoms with Crippen LogP contribution in [-0.2, 0) is 10.5 Å². The summed E-state index contributed by atoms with van der Waals surface area (Å²) < 4.78 is 14.4. The Hall–Kier alpha value is -2.49. The van der Waals surface area contributed by atoms with Crippen molar-refractivity contribution < 1.29 is 14.3 Å². The molecule has 1 aliphatic heterocycles. The first-order valence-corrected chi connectivity index (χ1v) is 14.8. The van der Waals surface area contributed by atoms with Gasteiger partial charge in [0.2, 0.25) is 11.1 Å². The Bertz CT molecular complexity index is 1420. The number of ether oxygens (including phenoxy) is 2. The van der Waals surface area contributed by atoms with E-state index < -0.39 is 6.04 Å². The number of hydrogen-bond donors (Lipinski definition) is 1. The quantitative estimate of drug-likeness (QED) is 0.263. The van der Waals surface area contributed by atoms with E-state index in [0.29, 0.717) is 53.0 Å². The van der Waals surface area contributed by atoms with Gasteiger partial charge in [0, 0.05) is 28.5 Å². The molecule has 38 heavy (non-hydrogen) atoms. The molecule has 2 aromatic carbocycles. The third-order valence-electron chi connectivity index (χ3n) is 6.56. The van der Waals surface area contributed by atoms with Crippen molar-refractivity contribution in [3.05, 3.63) is 68.3 Å². The maximum Gasteiger partial charge on any atom is 0.227 e. The van der Waals surface area contributed by atoms with Gasteiger partial charge < -0.3 is 14.8 Å². The molecule has 1 aromatic heterocycles. The van der Waals surface area contributed by atoms with Crippen LogP contribution in [0.25, 0.3) is 0 Å². The van der Waals surface area contributed by atoms with Crippen molar-refractivity contribution in [2.75, 3.05) is 18.5 Å². The van der Waals surface area contributed by atoms with E-state index in [9.17, 15) is 4.79 Å². The summed E-state index contributed by atoms with van der Waals surface area (Å²) >= 11 is 11.6. The summed E-state index contributed by atoms with van der Waals surface area (Å²) in [4.78, 5) is 18.4. The summed E-state index contributed by atoms with van der Waals surface area (Å²) in [5.41, 5.74) is 3.37. The van der Waals surface area contributed by atoms with Gasteiger partial charge in [-0.05, 0) is 70.9 Å². The van der Waals surface area contributed by atoms with E-state index in [2.05, 4.69) is 35.1 Å². The molecule has 7 nitrogen and oxygen atoms in total. The molecule has 1 aliphatic carbocycles. The van der Waals surface area contributed by atoms with Crippen LogP contribution < -0.4 is 14.8 Å². The minimum absolute atomic E-state index is 0.114. The Balaban J connectivity index is 1.59. The van der Waals surface area contributed by atoms with Gasteiger partial charge in [0.25, 0.3) is 0 Å². The van der Waals surface area contributed by atoms with Crippen LogP contribution in [0.5, 0.6) is 11.5 Å². The first kappa shape index (κ1) is 27.1. The highest BCUT2D eigenvalue weighted by Crippen LogP contribution is 2.48. The second kappa shape index (κ2) is 10.9. The molecule has 2 heterocycles. The van der Waals surface area contributed by atoms with E-state index >= 15 is 0 Å². The van der Waals surface area contributed by atoms with Crippen LogP contribution in [0.4, 0.5) is 5.95 Å². The molecule has 2 aliphatic rings. The van der Waals surface area contributed by atoms with Gasteiger partial charge in [-0.3, -0.25) is 4.79 Å². The van der Waals surface area contributed by atoms with Crippen molar-refractivity contribution in [1.29, 1.82) is 0 Å². The standard InChI is InChI=1S/C28H30BrClN4O3S/c1-5-36-22-12-17(11-18(29)25(22)37-6-2)24-23-20(13-28(3,4)14-21(23)35)31-26-32-27(33-34(24)26)38-15-16-9-7-8-10-19(16)30/h7-12,24H,5-6,13-15H2,1-4H3,(H,31,32,33). The van der Waals surface area contributed by atoms with Crippen molar-refractivity contribution in [2.45, 2.75) is 57.5 Å². The smallest absolute Gasteiger partial charge is 0.227 e. The summed E-state index contributed by atoms with van der Waals surface area (Å²) in [5, 5.41) is 9.64. The third kappa shape index (κ3) is 5.33. The predicted molar refractivity (Wildman–Crippen MR) is 154 cm³/mol. The summed E-state index contributed by atoms with van der Waals surface area (Å²) in [7, 11) is 0. The number of hydrogen-bond acceptors (Lipinski definition) is 7. The van der Waals surface area contributed by atoms with Crippen molar-refractivity contribution in [1.82, 2.24) is 14.8 Å². The predicted octanol–water partition coefficient (Wildman–Crippen LogP) is 7.44. The van der Waals surface area contributed by atoms with Crippen LogP contribution >= 0.6 is 39.3 Å². The molecule has 1 atom stereocenters. The zero-order chi connectivity index (χ0) is 27.0. The zero-order valence-electron chi connectivity index (χ0n) is 21.8. The number of anilines is 1. The Kier molecular flexibility index (Phi) is 7.80. The number of Topliss-reactive ketones (excluding diaryl/α,β-unsaturated/α-hetero) is 1. The average molecular weight is 618 g/mol. The van der Waals surface area contributed by atoms with Gasteiger partial charge in [0.15, 0.2) is 17.3 Å². The third-order valence-corrected chi connectivity index (χ3v) is 8.41. The molecule has 0 amide bonds. The fraction of sp³-hybridized carbons (Fsp3) is 0.393. The normalized spacial score (nSPS) is 18.1. The van der Waals surface area contributed by atoms with Crippen LogP contribution in [0.15, 0.2) is 57.3 Å². The number of nitrogens with zero attached hydrogens (tertiary/aromatic N) is 3. The van der Waals surface area contributed by atoms with E-state index in [1.54, 1.807) is 0 Å². The van der Waals surface area contributed by atoms with Crippen molar-refractivity contribution in [2.24, 2.45) is 5.41 Å². The Morgan fingerprint density at radius 2 is 1.95 bits per heavy atom. The fourth-order valence-corrected chi connectivity index (χ4v) is 6.70. The number of carbonyl (C=O) groups is 1. The van der Waals surface area contributed by atoms with E-state index in [1.807, 2.05) is 54.9 Å². The van der Waals surface area contributed by atoms with Gasteiger partial charge >= 0.3 is 0 Å². The zero-order valence-corrected chi connectivity index (χ0v) is 25.0. The molecule has 0 spiro atoms. The largest absolute Gasteiger partial charge is 0.490 e. The minimum atomic E-state index is -0.446. The van der Waals surface area contributed by atoms with Crippen molar-refractivity contribution in [3.8, 4) is 11.5 Å². The van der Waals surface area contributed by atoms with Crippen LogP contribution in [0.3, 0.4) is 0 Å². The lowest BCUT2D eigenvalue weighted by Gasteiger charge is -2.38. The topological polar surface area (TPSA) is 78.3 Å². The highest BCUT2D eigenvalue weighted by atomic mass is 79.9. The van der Waals surface area contributed by atoms with E-state index in [1.165, 1.54) is 11.8 Å². The number of benzene rings is 2. The molecule has 200 valence electrons. The molecule has 1 unspecified atom stereocenters. The van der Waals surface area contributed by atoms with Gasteiger partial charge in [-0.1, -0.05) is 55.4 Å². The second-order valence-corrected chi connectivity index (χ2v) is 12.3. The first-order chi connectivity index (χ1) is 18.2. The van der Waals surface area contributed by atoms with Crippen molar-refractivity contribution in [3.63, 3.8) is 0 Å². The number of allylic oxidation sites excluding steroid dienone is 2. The number of halogens is 2. The molecule has 10 heteroatoms. The molecule has 0 saturated carbocycles. The molecule has 0 radical (unpaired) electrons. The lowest BCUT2D eigenvalue weighted by atomic mass is 9.73. The first-order valence-electron chi connectivity index (χ1n) is 12.7. The van der Waals surface area contributed by atoms with Crippen LogP contribution in [0, 0.1) is 5.41 Å². The average Bonchev–Trinajstić information content (AvgIpc) is 3.26. The van der Waals surface area contributed by atoms with Crippen LogP contribution in [-0.4, -0.2) is 33.8 Å². The summed E-state index contributed by atoms with van der Waals surface area (Å²) in [5.74, 6) is 2.63. The lowest BCUT2D eigenvalue weighted by molar-refractivity contribution is -0.118. The number of nitrogens with one attached hydrogen (secondary N) is 1.